The second kappa shape index (κ2) is 10.1. The summed E-state index contributed by atoms with van der Waals surface area (Å²) in [6.45, 7) is 5.49. The Morgan fingerprint density at radius 1 is 1.07 bits per heavy atom. The number of hydrogen-bond acceptors (Lipinski definition) is 6. The van der Waals surface area contributed by atoms with Gasteiger partial charge in [0.05, 0.1) is 11.6 Å². The highest BCUT2D eigenvalue weighted by Crippen LogP contribution is 2.41. The third kappa shape index (κ3) is 4.43. The van der Waals surface area contributed by atoms with E-state index < -0.39 is 11.9 Å². The van der Waals surface area contributed by atoms with E-state index in [1.165, 1.54) is 4.74 Å². The predicted octanol–water partition coefficient (Wildman–Crippen LogP) is 5.41. The molecule has 4 heterocycles. The van der Waals surface area contributed by atoms with E-state index in [4.69, 9.17) is 4.52 Å². The molecule has 10 nitrogen and oxygen atoms in total. The highest BCUT2D eigenvalue weighted by molar-refractivity contribution is 6.14. The van der Waals surface area contributed by atoms with Crippen LogP contribution in [0.1, 0.15) is 57.3 Å². The van der Waals surface area contributed by atoms with Gasteiger partial charge in [-0.15, -0.1) is 0 Å². The SMILES string of the molecule is CC[C@@H]1c2c(cc(C)nc2C(=O)Nc2cccc(-c3ncc[nH]3)c2)C(=O)N1c1ccc(-c2c(C)on(C)c2=O)cc1. The molecule has 2 aromatic carbocycles. The molecule has 2 amide bonds. The van der Waals surface area contributed by atoms with Crippen LogP contribution in [0.2, 0.25) is 0 Å². The maximum Gasteiger partial charge on any atom is 0.290 e. The van der Waals surface area contributed by atoms with Gasteiger partial charge in [-0.1, -0.05) is 31.2 Å². The summed E-state index contributed by atoms with van der Waals surface area (Å²) in [5, 5.41) is 2.96. The Kier molecular flexibility index (Phi) is 6.37. The lowest BCUT2D eigenvalue weighted by Crippen LogP contribution is -2.28. The fourth-order valence-corrected chi connectivity index (χ4v) is 5.53. The molecule has 5 aromatic rings. The van der Waals surface area contributed by atoms with E-state index in [2.05, 4.69) is 20.3 Å². The average molecular weight is 549 g/mol. The normalized spacial score (nSPS) is 14.4. The molecule has 1 aliphatic heterocycles. The summed E-state index contributed by atoms with van der Waals surface area (Å²) in [7, 11) is 1.57. The molecule has 0 spiro atoms. The van der Waals surface area contributed by atoms with Crippen molar-refractivity contribution in [2.24, 2.45) is 7.05 Å². The van der Waals surface area contributed by atoms with Crippen molar-refractivity contribution in [3.8, 4) is 22.5 Å². The molecular formula is C31H28N6O4. The second-order valence-corrected chi connectivity index (χ2v) is 10.0. The van der Waals surface area contributed by atoms with Crippen LogP contribution < -0.4 is 15.8 Å². The van der Waals surface area contributed by atoms with Gasteiger partial charge in [-0.25, -0.2) is 9.97 Å². The van der Waals surface area contributed by atoms with Crippen LogP contribution in [-0.2, 0) is 7.05 Å². The van der Waals surface area contributed by atoms with Crippen LogP contribution in [0, 0.1) is 13.8 Å². The molecule has 10 heteroatoms. The van der Waals surface area contributed by atoms with Gasteiger partial charge in [0.25, 0.3) is 17.4 Å². The van der Waals surface area contributed by atoms with Gasteiger partial charge in [0.15, 0.2) is 0 Å². The zero-order chi connectivity index (χ0) is 28.8. The van der Waals surface area contributed by atoms with Crippen LogP contribution in [0.15, 0.2) is 76.3 Å². The Balaban J connectivity index is 1.34. The van der Waals surface area contributed by atoms with Crippen molar-refractivity contribution in [3.63, 3.8) is 0 Å². The van der Waals surface area contributed by atoms with Crippen LogP contribution in [0.3, 0.4) is 0 Å². The van der Waals surface area contributed by atoms with Crippen molar-refractivity contribution in [1.82, 2.24) is 19.7 Å². The number of carbonyl (C=O) groups excluding carboxylic acids is 2. The van der Waals surface area contributed by atoms with Gasteiger partial charge < -0.3 is 19.7 Å². The summed E-state index contributed by atoms with van der Waals surface area (Å²) < 4.78 is 6.62. The Morgan fingerprint density at radius 3 is 2.51 bits per heavy atom. The van der Waals surface area contributed by atoms with Crippen LogP contribution in [0.25, 0.3) is 22.5 Å². The van der Waals surface area contributed by atoms with Crippen LogP contribution in [-0.4, -0.2) is 31.5 Å². The van der Waals surface area contributed by atoms with Crippen molar-refractivity contribution >= 4 is 23.2 Å². The number of fused-ring (bicyclic) bond motifs is 1. The number of rotatable bonds is 6. The molecule has 0 saturated carbocycles. The Bertz CT molecular complexity index is 1850. The summed E-state index contributed by atoms with van der Waals surface area (Å²) in [4.78, 5) is 53.6. The summed E-state index contributed by atoms with van der Waals surface area (Å²) in [6, 6.07) is 16.0. The largest absolute Gasteiger partial charge is 0.381 e. The number of pyridine rings is 1. The molecule has 206 valence electrons. The number of nitrogens with zero attached hydrogens (tertiary/aromatic N) is 4. The maximum atomic E-state index is 13.8. The average Bonchev–Trinajstić information content (AvgIpc) is 3.66. The van der Waals surface area contributed by atoms with E-state index in [0.717, 1.165) is 5.56 Å². The van der Waals surface area contributed by atoms with Gasteiger partial charge in [0.1, 0.15) is 17.3 Å². The number of aromatic amines is 1. The first-order chi connectivity index (χ1) is 19.8. The lowest BCUT2D eigenvalue weighted by atomic mass is 9.99. The molecule has 1 atom stereocenters. The van der Waals surface area contributed by atoms with Gasteiger partial charge in [-0.3, -0.25) is 14.4 Å². The van der Waals surface area contributed by atoms with E-state index in [1.54, 1.807) is 62.5 Å². The van der Waals surface area contributed by atoms with Crippen molar-refractivity contribution in [3.05, 3.63) is 106 Å². The smallest absolute Gasteiger partial charge is 0.290 e. The lowest BCUT2D eigenvalue weighted by molar-refractivity contribution is 0.0988. The van der Waals surface area contributed by atoms with E-state index in [0.29, 0.717) is 57.3 Å². The molecular weight excluding hydrogens is 520 g/mol. The van der Waals surface area contributed by atoms with Gasteiger partial charge >= 0.3 is 0 Å². The number of H-pyrrole nitrogens is 1. The van der Waals surface area contributed by atoms with E-state index in [-0.39, 0.29) is 17.2 Å². The van der Waals surface area contributed by atoms with Gasteiger partial charge in [-0.05, 0) is 56.2 Å². The number of benzene rings is 2. The predicted molar refractivity (Wildman–Crippen MR) is 155 cm³/mol. The Labute approximate surface area is 235 Å². The minimum absolute atomic E-state index is 0.200. The summed E-state index contributed by atoms with van der Waals surface area (Å²) in [6.07, 6.45) is 3.98. The standard InChI is InChI=1S/C31H28N6O4/c1-5-24-26-23(30(39)37(24)22-11-9-19(10-12-22)25-18(3)41-36(4)31(25)40)15-17(2)34-27(26)29(38)35-21-8-6-7-20(16-21)28-32-13-14-33-28/h6-16,24H,5H2,1-4H3,(H,32,33)(H,35,38)/t24-/m1/s1. The quantitative estimate of drug-likeness (QED) is 0.292. The number of aromatic nitrogens is 4. The summed E-state index contributed by atoms with van der Waals surface area (Å²) in [5.41, 5.74) is 4.90. The van der Waals surface area contributed by atoms with E-state index >= 15 is 0 Å². The van der Waals surface area contributed by atoms with Crippen molar-refractivity contribution < 1.29 is 14.1 Å². The third-order valence-corrected chi connectivity index (χ3v) is 7.33. The fourth-order valence-electron chi connectivity index (χ4n) is 5.53. The van der Waals surface area contributed by atoms with Crippen LogP contribution >= 0.6 is 0 Å². The van der Waals surface area contributed by atoms with E-state index in [9.17, 15) is 14.4 Å². The van der Waals surface area contributed by atoms with Gasteiger partial charge in [0.2, 0.25) is 0 Å². The first-order valence-corrected chi connectivity index (χ1v) is 13.3. The molecule has 3 aromatic heterocycles. The molecule has 0 bridgehead atoms. The number of imidazole rings is 1. The molecule has 0 saturated heterocycles. The highest BCUT2D eigenvalue weighted by Gasteiger charge is 2.40. The lowest BCUT2D eigenvalue weighted by Gasteiger charge is -2.25. The molecule has 1 aliphatic rings. The zero-order valence-electron chi connectivity index (χ0n) is 23.1. The highest BCUT2D eigenvalue weighted by atomic mass is 16.5. The first kappa shape index (κ1) is 26.0. The zero-order valence-corrected chi connectivity index (χ0v) is 23.1. The topological polar surface area (TPSA) is 126 Å². The van der Waals surface area contributed by atoms with Gasteiger partial charge in [0, 0.05) is 53.2 Å². The Morgan fingerprint density at radius 2 is 1.85 bits per heavy atom. The number of amides is 2. The monoisotopic (exact) mass is 548 g/mol. The van der Waals surface area contributed by atoms with Crippen molar-refractivity contribution in [2.75, 3.05) is 10.2 Å². The molecule has 0 radical (unpaired) electrons. The molecule has 41 heavy (non-hydrogen) atoms. The van der Waals surface area contributed by atoms with Crippen LogP contribution in [0.4, 0.5) is 11.4 Å². The third-order valence-electron chi connectivity index (χ3n) is 7.33. The molecule has 0 aliphatic carbocycles. The molecule has 0 fully saturated rings. The maximum absolute atomic E-state index is 13.8. The second-order valence-electron chi connectivity index (χ2n) is 10.0. The first-order valence-electron chi connectivity index (χ1n) is 13.3. The molecule has 6 rings (SSSR count). The fraction of sp³-hybridized carbons (Fsp3) is 0.194. The minimum atomic E-state index is -0.393. The summed E-state index contributed by atoms with van der Waals surface area (Å²) in [5.74, 6) is 0.621. The number of anilines is 2. The number of carbonyl (C=O) groups is 2. The van der Waals surface area contributed by atoms with Crippen molar-refractivity contribution in [2.45, 2.75) is 33.2 Å². The number of hydrogen-bond donors (Lipinski definition) is 2. The van der Waals surface area contributed by atoms with Crippen LogP contribution in [0.5, 0.6) is 0 Å². The Hall–Kier alpha value is -5.25. The van der Waals surface area contributed by atoms with Crippen molar-refractivity contribution in [1.29, 1.82) is 0 Å². The van der Waals surface area contributed by atoms with Gasteiger partial charge in [-0.2, -0.15) is 4.74 Å². The number of aryl methyl sites for hydroxylation is 3. The van der Waals surface area contributed by atoms with E-state index in [1.807, 2.05) is 37.3 Å². The molecule has 0 unspecified atom stereocenters. The summed E-state index contributed by atoms with van der Waals surface area (Å²) >= 11 is 0. The minimum Gasteiger partial charge on any atom is -0.381 e. The molecule has 2 N–H and O–H groups in total. The number of nitrogens with one attached hydrogen (secondary N) is 2.